The molecule has 0 aromatic heterocycles. The van der Waals surface area contributed by atoms with Crippen LogP contribution in [-0.2, 0) is 22.4 Å². The van der Waals surface area contributed by atoms with Gasteiger partial charge in [0.05, 0.1) is 38.2 Å². The Morgan fingerprint density at radius 1 is 0.938 bits per heavy atom. The number of halogens is 1. The molecule has 2 amide bonds. The lowest BCUT2D eigenvalue weighted by molar-refractivity contribution is -0.138. The number of rotatable bonds is 5. The van der Waals surface area contributed by atoms with E-state index in [1.54, 1.807) is 18.1 Å². The number of nitrogens with zero attached hydrogens (tertiary/aromatic N) is 2. The van der Waals surface area contributed by atoms with Crippen molar-refractivity contribution in [2.45, 2.75) is 19.3 Å². The van der Waals surface area contributed by atoms with Gasteiger partial charge in [-0.3, -0.25) is 9.59 Å². The minimum absolute atomic E-state index is 0.00968. The zero-order chi connectivity index (χ0) is 22.5. The lowest BCUT2D eigenvalue weighted by atomic mass is 10.1. The van der Waals surface area contributed by atoms with Crippen molar-refractivity contribution in [1.82, 2.24) is 9.80 Å². The Hall–Kier alpha value is -2.93. The van der Waals surface area contributed by atoms with Crippen molar-refractivity contribution in [2.24, 2.45) is 0 Å². The molecule has 2 aromatic rings. The summed E-state index contributed by atoms with van der Waals surface area (Å²) in [7, 11) is 1.61. The van der Waals surface area contributed by atoms with Crippen molar-refractivity contribution >= 4 is 23.4 Å². The zero-order valence-electron chi connectivity index (χ0n) is 18.1. The van der Waals surface area contributed by atoms with Gasteiger partial charge in [0.1, 0.15) is 5.75 Å². The monoisotopic (exact) mass is 458 g/mol. The minimum Gasteiger partial charge on any atom is -0.497 e. The van der Waals surface area contributed by atoms with Crippen LogP contribution < -0.4 is 14.2 Å². The highest BCUT2D eigenvalue weighted by Crippen LogP contribution is 2.38. The maximum atomic E-state index is 12.8. The number of piperazine rings is 1. The van der Waals surface area contributed by atoms with Crippen LogP contribution in [0.5, 0.6) is 17.2 Å². The van der Waals surface area contributed by atoms with E-state index in [9.17, 15) is 9.59 Å². The molecule has 7 nitrogen and oxygen atoms in total. The number of fused-ring (bicyclic) bond motifs is 1. The molecule has 0 radical (unpaired) electrons. The SMILES string of the molecule is COc1cccc(CC(=O)N2CCN(C(=O)Cc3cc(Cl)c4c(c3)OCCCO4)CC2)c1. The van der Waals surface area contributed by atoms with Gasteiger partial charge in [0.2, 0.25) is 11.8 Å². The van der Waals surface area contributed by atoms with Crippen molar-refractivity contribution in [2.75, 3.05) is 46.5 Å². The fourth-order valence-electron chi connectivity index (χ4n) is 3.95. The molecule has 0 unspecified atom stereocenters. The van der Waals surface area contributed by atoms with Crippen molar-refractivity contribution in [3.05, 3.63) is 52.5 Å². The summed E-state index contributed by atoms with van der Waals surface area (Å²) in [6.45, 7) is 3.20. The van der Waals surface area contributed by atoms with Crippen LogP contribution >= 0.6 is 11.6 Å². The molecule has 1 fully saturated rings. The van der Waals surface area contributed by atoms with Crippen LogP contribution in [0.3, 0.4) is 0 Å². The number of benzene rings is 2. The maximum Gasteiger partial charge on any atom is 0.227 e. The smallest absolute Gasteiger partial charge is 0.227 e. The van der Waals surface area contributed by atoms with Crippen molar-refractivity contribution in [1.29, 1.82) is 0 Å². The Balaban J connectivity index is 1.31. The van der Waals surface area contributed by atoms with Gasteiger partial charge in [-0.05, 0) is 35.4 Å². The summed E-state index contributed by atoms with van der Waals surface area (Å²) in [6.07, 6.45) is 1.34. The number of ether oxygens (including phenoxy) is 3. The highest BCUT2D eigenvalue weighted by Gasteiger charge is 2.25. The third-order valence-electron chi connectivity index (χ3n) is 5.69. The predicted molar refractivity (Wildman–Crippen MR) is 121 cm³/mol. The standard InChI is InChI=1S/C24H27ClN2O5/c1-30-19-5-2-4-17(12-19)15-22(28)26-6-8-27(9-7-26)23(29)16-18-13-20(25)24-21(14-18)31-10-3-11-32-24/h2,4-5,12-14H,3,6-11,15-16H2,1H3. The highest BCUT2D eigenvalue weighted by atomic mass is 35.5. The Morgan fingerprint density at radius 2 is 1.59 bits per heavy atom. The summed E-state index contributed by atoms with van der Waals surface area (Å²) in [5.41, 5.74) is 1.71. The van der Waals surface area contributed by atoms with E-state index in [1.165, 1.54) is 0 Å². The van der Waals surface area contributed by atoms with Crippen LogP contribution in [0, 0.1) is 0 Å². The second-order valence-electron chi connectivity index (χ2n) is 7.92. The number of amides is 2. The van der Waals surface area contributed by atoms with E-state index in [4.69, 9.17) is 25.8 Å². The molecule has 1 saturated heterocycles. The Morgan fingerprint density at radius 3 is 2.28 bits per heavy atom. The van der Waals surface area contributed by atoms with Gasteiger partial charge in [-0.1, -0.05) is 23.7 Å². The Labute approximate surface area is 192 Å². The number of carbonyl (C=O) groups excluding carboxylic acids is 2. The average Bonchev–Trinajstić information content (AvgIpc) is 3.05. The molecule has 2 aromatic carbocycles. The quantitative estimate of drug-likeness (QED) is 0.689. The van der Waals surface area contributed by atoms with Crippen LogP contribution in [0.4, 0.5) is 0 Å². The van der Waals surface area contributed by atoms with Crippen molar-refractivity contribution in [3.8, 4) is 17.2 Å². The summed E-state index contributed by atoms with van der Waals surface area (Å²) in [5, 5.41) is 0.458. The zero-order valence-corrected chi connectivity index (χ0v) is 18.9. The normalized spacial score (nSPS) is 15.8. The van der Waals surface area contributed by atoms with Crippen LogP contribution in [-0.4, -0.2) is 68.1 Å². The van der Waals surface area contributed by atoms with E-state index in [2.05, 4.69) is 0 Å². The lowest BCUT2D eigenvalue weighted by Crippen LogP contribution is -2.51. The first-order chi connectivity index (χ1) is 15.5. The molecule has 2 aliphatic rings. The summed E-state index contributed by atoms with van der Waals surface area (Å²) in [4.78, 5) is 29.1. The van der Waals surface area contributed by atoms with E-state index in [-0.39, 0.29) is 18.2 Å². The van der Waals surface area contributed by atoms with Crippen LogP contribution in [0.25, 0.3) is 0 Å². The van der Waals surface area contributed by atoms with E-state index in [0.29, 0.717) is 62.3 Å². The van der Waals surface area contributed by atoms with Gasteiger partial charge in [-0.15, -0.1) is 0 Å². The molecule has 0 aliphatic carbocycles. The minimum atomic E-state index is 0.00968. The lowest BCUT2D eigenvalue weighted by Gasteiger charge is -2.35. The van der Waals surface area contributed by atoms with E-state index >= 15 is 0 Å². The molecule has 4 rings (SSSR count). The number of carbonyl (C=O) groups is 2. The second-order valence-corrected chi connectivity index (χ2v) is 8.33. The van der Waals surface area contributed by atoms with E-state index in [0.717, 1.165) is 23.3 Å². The van der Waals surface area contributed by atoms with Gasteiger partial charge < -0.3 is 24.0 Å². The van der Waals surface area contributed by atoms with Crippen LogP contribution in [0.2, 0.25) is 5.02 Å². The summed E-state index contributed by atoms with van der Waals surface area (Å²) >= 11 is 6.35. The fraction of sp³-hybridized carbons (Fsp3) is 0.417. The molecule has 8 heteroatoms. The van der Waals surface area contributed by atoms with Gasteiger partial charge in [-0.25, -0.2) is 0 Å². The molecular weight excluding hydrogens is 432 g/mol. The Kier molecular flexibility index (Phi) is 7.05. The molecule has 0 bridgehead atoms. The second kappa shape index (κ2) is 10.1. The highest BCUT2D eigenvalue weighted by molar-refractivity contribution is 6.32. The van der Waals surface area contributed by atoms with Gasteiger partial charge in [0.25, 0.3) is 0 Å². The maximum absolute atomic E-state index is 12.8. The van der Waals surface area contributed by atoms with Gasteiger partial charge >= 0.3 is 0 Å². The molecule has 0 saturated carbocycles. The topological polar surface area (TPSA) is 68.3 Å². The molecule has 170 valence electrons. The first kappa shape index (κ1) is 22.3. The van der Waals surface area contributed by atoms with Gasteiger partial charge in [0, 0.05) is 32.6 Å². The Bertz CT molecular complexity index is 988. The molecule has 2 heterocycles. The molecule has 2 aliphatic heterocycles. The van der Waals surface area contributed by atoms with Crippen LogP contribution in [0.15, 0.2) is 36.4 Å². The summed E-state index contributed by atoms with van der Waals surface area (Å²) < 4.78 is 16.6. The largest absolute Gasteiger partial charge is 0.497 e. The first-order valence-corrected chi connectivity index (χ1v) is 11.2. The molecule has 32 heavy (non-hydrogen) atoms. The van der Waals surface area contributed by atoms with Crippen LogP contribution in [0.1, 0.15) is 17.5 Å². The number of methoxy groups -OCH3 is 1. The number of hydrogen-bond acceptors (Lipinski definition) is 5. The van der Waals surface area contributed by atoms with Gasteiger partial charge in [-0.2, -0.15) is 0 Å². The molecule has 0 atom stereocenters. The average molecular weight is 459 g/mol. The van der Waals surface area contributed by atoms with Crippen molar-refractivity contribution < 1.29 is 23.8 Å². The first-order valence-electron chi connectivity index (χ1n) is 10.8. The number of hydrogen-bond donors (Lipinski definition) is 0. The van der Waals surface area contributed by atoms with Crippen molar-refractivity contribution in [3.63, 3.8) is 0 Å². The summed E-state index contributed by atoms with van der Waals surface area (Å²) in [6, 6.07) is 11.1. The third-order valence-corrected chi connectivity index (χ3v) is 5.97. The van der Waals surface area contributed by atoms with Gasteiger partial charge in [0.15, 0.2) is 11.5 Å². The molecule has 0 N–H and O–H groups in total. The van der Waals surface area contributed by atoms with E-state index in [1.807, 2.05) is 35.2 Å². The fourth-order valence-corrected chi connectivity index (χ4v) is 4.23. The molecular formula is C24H27ClN2O5. The molecule has 0 spiro atoms. The predicted octanol–water partition coefficient (Wildman–Crippen LogP) is 2.97. The third kappa shape index (κ3) is 5.27. The van der Waals surface area contributed by atoms with E-state index < -0.39 is 0 Å². The summed E-state index contributed by atoms with van der Waals surface area (Å²) in [5.74, 6) is 1.94.